The lowest BCUT2D eigenvalue weighted by Gasteiger charge is -2.34. The first-order chi connectivity index (χ1) is 11.1. The lowest BCUT2D eigenvalue weighted by atomic mass is 9.98. The number of anilines is 2. The van der Waals surface area contributed by atoms with Crippen LogP contribution in [-0.4, -0.2) is 9.55 Å². The van der Waals surface area contributed by atoms with Crippen LogP contribution in [0.3, 0.4) is 0 Å². The van der Waals surface area contributed by atoms with E-state index in [1.54, 1.807) is 0 Å². The van der Waals surface area contributed by atoms with Gasteiger partial charge in [-0.05, 0) is 43.7 Å². The van der Waals surface area contributed by atoms with Crippen molar-refractivity contribution in [2.75, 3.05) is 10.6 Å². The van der Waals surface area contributed by atoms with Gasteiger partial charge in [0.05, 0.1) is 11.2 Å². The highest BCUT2D eigenvalue weighted by Gasteiger charge is 2.30. The molecule has 0 saturated carbocycles. The molecule has 0 unspecified atom stereocenters. The van der Waals surface area contributed by atoms with Gasteiger partial charge in [-0.2, -0.15) is 0 Å². The van der Waals surface area contributed by atoms with Crippen molar-refractivity contribution in [3.05, 3.63) is 72.1 Å². The Kier molecular flexibility index (Phi) is 3.11. The number of nitrogens with one attached hydrogen (secondary N) is 2. The van der Waals surface area contributed by atoms with Crippen molar-refractivity contribution < 1.29 is 0 Å². The largest absolute Gasteiger partial charge is 0.372 e. The second kappa shape index (κ2) is 5.16. The normalized spacial score (nSPS) is 14.5. The zero-order valence-corrected chi connectivity index (χ0v) is 13.4. The fraction of sp³-hybridized carbons (Fsp3) is 0.211. The lowest BCUT2D eigenvalue weighted by Crippen LogP contribution is -2.35. The van der Waals surface area contributed by atoms with Gasteiger partial charge in [-0.15, -0.1) is 0 Å². The van der Waals surface area contributed by atoms with Crippen molar-refractivity contribution in [3.63, 3.8) is 0 Å². The van der Waals surface area contributed by atoms with Crippen molar-refractivity contribution in [1.29, 1.82) is 0 Å². The Morgan fingerprint density at radius 3 is 2.70 bits per heavy atom. The summed E-state index contributed by atoms with van der Waals surface area (Å²) in [5.41, 5.74) is 3.42. The molecular weight excluding hydrogens is 284 g/mol. The monoisotopic (exact) mass is 304 g/mol. The van der Waals surface area contributed by atoms with Gasteiger partial charge in [0, 0.05) is 18.4 Å². The first-order valence-corrected chi connectivity index (χ1v) is 7.89. The van der Waals surface area contributed by atoms with Crippen LogP contribution in [0.25, 0.3) is 5.82 Å². The highest BCUT2D eigenvalue weighted by atomic mass is 15.2. The van der Waals surface area contributed by atoms with Crippen molar-refractivity contribution in [3.8, 4) is 5.82 Å². The van der Waals surface area contributed by atoms with Crippen molar-refractivity contribution >= 4 is 11.5 Å². The third-order valence-corrected chi connectivity index (χ3v) is 4.26. The van der Waals surface area contributed by atoms with Crippen LogP contribution in [0.4, 0.5) is 11.5 Å². The Morgan fingerprint density at radius 2 is 1.87 bits per heavy atom. The van der Waals surface area contributed by atoms with Crippen LogP contribution < -0.4 is 10.6 Å². The molecule has 1 aliphatic heterocycles. The van der Waals surface area contributed by atoms with Crippen molar-refractivity contribution in [2.45, 2.75) is 25.9 Å². The molecule has 2 aromatic heterocycles. The van der Waals surface area contributed by atoms with Crippen LogP contribution >= 0.6 is 0 Å². The molecule has 0 amide bonds. The highest BCUT2D eigenvalue weighted by molar-refractivity contribution is 5.66. The number of hydrogen-bond acceptors (Lipinski definition) is 3. The minimum Gasteiger partial charge on any atom is -0.372 e. The van der Waals surface area contributed by atoms with E-state index in [1.807, 2.05) is 12.1 Å². The first kappa shape index (κ1) is 13.9. The SMILES string of the molecule is CC1(C)Nc2ccc(NCc3ccccc3)nc2-n2cccc21. The third-order valence-electron chi connectivity index (χ3n) is 4.26. The van der Waals surface area contributed by atoms with Crippen LogP contribution in [0.15, 0.2) is 60.8 Å². The summed E-state index contributed by atoms with van der Waals surface area (Å²) in [5, 5.41) is 6.97. The Morgan fingerprint density at radius 1 is 1.04 bits per heavy atom. The lowest BCUT2D eigenvalue weighted by molar-refractivity contribution is 0.556. The van der Waals surface area contributed by atoms with E-state index in [2.05, 4.69) is 77.7 Å². The number of nitrogens with zero attached hydrogens (tertiary/aromatic N) is 2. The average Bonchev–Trinajstić information content (AvgIpc) is 3.05. The smallest absolute Gasteiger partial charge is 0.162 e. The molecule has 0 spiro atoms. The molecule has 0 saturated heterocycles. The maximum Gasteiger partial charge on any atom is 0.162 e. The molecular formula is C19H20N4. The minimum absolute atomic E-state index is 0.100. The summed E-state index contributed by atoms with van der Waals surface area (Å²) in [7, 11) is 0. The van der Waals surface area contributed by atoms with Crippen LogP contribution in [0, 0.1) is 0 Å². The zero-order chi connectivity index (χ0) is 15.9. The molecule has 4 heteroatoms. The van der Waals surface area contributed by atoms with Gasteiger partial charge in [-0.1, -0.05) is 30.3 Å². The Bertz CT molecular complexity index is 834. The molecule has 0 radical (unpaired) electrons. The van der Waals surface area contributed by atoms with E-state index in [0.29, 0.717) is 0 Å². The van der Waals surface area contributed by atoms with Crippen LogP contribution in [0.2, 0.25) is 0 Å². The number of rotatable bonds is 3. The van der Waals surface area contributed by atoms with Gasteiger partial charge in [-0.3, -0.25) is 0 Å². The van der Waals surface area contributed by atoms with Crippen LogP contribution in [-0.2, 0) is 12.1 Å². The Labute approximate surface area is 136 Å². The van der Waals surface area contributed by atoms with E-state index in [-0.39, 0.29) is 5.54 Å². The fourth-order valence-corrected chi connectivity index (χ4v) is 3.09. The Balaban J connectivity index is 1.64. The molecule has 1 aromatic carbocycles. The van der Waals surface area contributed by atoms with Crippen molar-refractivity contribution in [2.24, 2.45) is 0 Å². The van der Waals surface area contributed by atoms with Gasteiger partial charge in [0.25, 0.3) is 0 Å². The van der Waals surface area contributed by atoms with E-state index in [4.69, 9.17) is 4.98 Å². The second-order valence-electron chi connectivity index (χ2n) is 6.42. The maximum absolute atomic E-state index is 4.80. The predicted octanol–water partition coefficient (Wildman–Crippen LogP) is 4.15. The van der Waals surface area contributed by atoms with E-state index < -0.39 is 0 Å². The highest BCUT2D eigenvalue weighted by Crippen LogP contribution is 2.36. The third kappa shape index (κ3) is 2.46. The maximum atomic E-state index is 4.80. The fourth-order valence-electron chi connectivity index (χ4n) is 3.09. The van der Waals surface area contributed by atoms with Crippen molar-refractivity contribution in [1.82, 2.24) is 9.55 Å². The summed E-state index contributed by atoms with van der Waals surface area (Å²) in [6, 6.07) is 18.7. The molecule has 3 aromatic rings. The van der Waals surface area contributed by atoms with Gasteiger partial charge < -0.3 is 15.2 Å². The summed E-state index contributed by atoms with van der Waals surface area (Å²) in [5.74, 6) is 1.83. The van der Waals surface area contributed by atoms with E-state index in [0.717, 1.165) is 23.9 Å². The number of aromatic nitrogens is 2. The molecule has 4 rings (SSSR count). The summed E-state index contributed by atoms with van der Waals surface area (Å²) in [4.78, 5) is 4.80. The van der Waals surface area contributed by atoms with E-state index >= 15 is 0 Å². The molecule has 2 N–H and O–H groups in total. The molecule has 0 fully saturated rings. The topological polar surface area (TPSA) is 41.9 Å². The summed E-state index contributed by atoms with van der Waals surface area (Å²) >= 11 is 0. The first-order valence-electron chi connectivity index (χ1n) is 7.89. The van der Waals surface area contributed by atoms with Gasteiger partial charge in [0.2, 0.25) is 0 Å². The van der Waals surface area contributed by atoms with Crippen LogP contribution in [0.5, 0.6) is 0 Å². The number of benzene rings is 1. The average molecular weight is 304 g/mol. The molecule has 3 heterocycles. The number of hydrogen-bond donors (Lipinski definition) is 2. The van der Waals surface area contributed by atoms with E-state index in [1.165, 1.54) is 11.3 Å². The van der Waals surface area contributed by atoms with E-state index in [9.17, 15) is 0 Å². The molecule has 4 nitrogen and oxygen atoms in total. The predicted molar refractivity (Wildman–Crippen MR) is 94.0 cm³/mol. The quantitative estimate of drug-likeness (QED) is 0.764. The van der Waals surface area contributed by atoms with Gasteiger partial charge in [0.1, 0.15) is 5.82 Å². The Hall–Kier alpha value is -2.75. The molecule has 0 aliphatic carbocycles. The molecule has 0 atom stereocenters. The zero-order valence-electron chi connectivity index (χ0n) is 13.4. The second-order valence-corrected chi connectivity index (χ2v) is 6.42. The standard InChI is InChI=1S/C19H20N4/c1-19(2)16-9-6-12-23(16)18-15(22-19)10-11-17(21-18)20-13-14-7-4-3-5-8-14/h3-12,22H,13H2,1-2H3,(H,20,21). The van der Waals surface area contributed by atoms with Gasteiger partial charge >= 0.3 is 0 Å². The number of fused-ring (bicyclic) bond motifs is 3. The number of pyridine rings is 1. The summed E-state index contributed by atoms with van der Waals surface area (Å²) in [6.45, 7) is 5.14. The minimum atomic E-state index is -0.100. The van der Waals surface area contributed by atoms with Gasteiger partial charge in [0.15, 0.2) is 5.82 Å². The van der Waals surface area contributed by atoms with Crippen LogP contribution in [0.1, 0.15) is 25.1 Å². The molecule has 116 valence electrons. The molecule has 23 heavy (non-hydrogen) atoms. The molecule has 1 aliphatic rings. The molecule has 0 bridgehead atoms. The summed E-state index contributed by atoms with van der Waals surface area (Å²) in [6.07, 6.45) is 2.07. The summed E-state index contributed by atoms with van der Waals surface area (Å²) < 4.78 is 2.17. The van der Waals surface area contributed by atoms with Gasteiger partial charge in [-0.25, -0.2) is 4.98 Å².